The summed E-state index contributed by atoms with van der Waals surface area (Å²) in [5.41, 5.74) is -0.140. The second-order valence-electron chi connectivity index (χ2n) is 3.42. The quantitative estimate of drug-likeness (QED) is 0.599. The minimum atomic E-state index is -0.325. The number of hydrogen-bond acceptors (Lipinski definition) is 2. The summed E-state index contributed by atoms with van der Waals surface area (Å²) in [6.45, 7) is 6.10. The molecule has 0 aromatic heterocycles. The molecule has 0 spiro atoms. The largest absolute Gasteiger partial charge is 0.286 e. The van der Waals surface area contributed by atoms with E-state index in [-0.39, 0.29) is 19.9 Å². The van der Waals surface area contributed by atoms with Gasteiger partial charge in [0, 0.05) is 5.92 Å². The maximum Gasteiger partial charge on any atom is 0.232 e. The molecule has 70 valence electrons. The van der Waals surface area contributed by atoms with Gasteiger partial charge in [-0.15, -0.1) is 0 Å². The highest BCUT2D eigenvalue weighted by Crippen LogP contribution is 2.23. The Morgan fingerprint density at radius 2 is 2.00 bits per heavy atom. The normalized spacial score (nSPS) is 13.7. The predicted octanol–water partition coefficient (Wildman–Crippen LogP) is 3.27. The lowest BCUT2D eigenvalue weighted by Gasteiger charge is -2.15. The van der Waals surface area contributed by atoms with Crippen LogP contribution in [-0.4, -0.2) is 5.52 Å². The van der Waals surface area contributed by atoms with Crippen molar-refractivity contribution < 1.29 is 9.36 Å². The Morgan fingerprint density at radius 3 is 2.33 bits per heavy atom. The highest BCUT2D eigenvalue weighted by atomic mass is 31.1. The van der Waals surface area contributed by atoms with Crippen molar-refractivity contribution in [3.63, 3.8) is 0 Å². The Morgan fingerprint density at radius 1 is 1.42 bits per heavy atom. The molecule has 0 fully saturated rings. The lowest BCUT2D eigenvalue weighted by Crippen LogP contribution is -2.15. The van der Waals surface area contributed by atoms with Gasteiger partial charge in [-0.1, -0.05) is 33.6 Å². The van der Waals surface area contributed by atoms with Gasteiger partial charge in [-0.05, 0) is 12.3 Å². The molecule has 0 radical (unpaired) electrons. The van der Waals surface area contributed by atoms with Crippen LogP contribution in [0.4, 0.5) is 0 Å². The van der Waals surface area contributed by atoms with Gasteiger partial charge in [-0.25, -0.2) is 0 Å². The Bertz CT molecular complexity index is 155. The smallest absolute Gasteiger partial charge is 0.232 e. The van der Waals surface area contributed by atoms with E-state index in [1.807, 2.05) is 13.8 Å². The molecule has 0 amide bonds. The highest BCUT2D eigenvalue weighted by molar-refractivity contribution is 7.46. The molecule has 1 atom stereocenters. The van der Waals surface area contributed by atoms with Crippen LogP contribution in [0.1, 0.15) is 40.0 Å². The molecule has 0 saturated heterocycles. The summed E-state index contributed by atoms with van der Waals surface area (Å²) in [4.78, 5) is 11.1. The zero-order valence-electron chi connectivity index (χ0n) is 8.04. The molecule has 0 heterocycles. The summed E-state index contributed by atoms with van der Waals surface area (Å²) in [5, 5.41) is 0. The van der Waals surface area contributed by atoms with Crippen LogP contribution in [0.2, 0.25) is 0 Å². The zero-order chi connectivity index (χ0) is 9.56. The van der Waals surface area contributed by atoms with Crippen LogP contribution in [0.5, 0.6) is 0 Å². The molecule has 0 saturated carbocycles. The fourth-order valence-electron chi connectivity index (χ4n) is 1.23. The third kappa shape index (κ3) is 3.96. The Balaban J connectivity index is 4.03. The molecule has 12 heavy (non-hydrogen) atoms. The van der Waals surface area contributed by atoms with Crippen molar-refractivity contribution in [2.24, 2.45) is 11.8 Å². The number of carbonyl (C=O) groups excluding carboxylic acids is 1. The summed E-state index contributed by atoms with van der Waals surface area (Å²) >= 11 is 0. The first-order valence-corrected chi connectivity index (χ1v) is 5.31. The lowest BCUT2D eigenvalue weighted by molar-refractivity contribution is -0.116. The van der Waals surface area contributed by atoms with E-state index in [0.717, 1.165) is 19.3 Å². The third-order valence-electron chi connectivity index (χ3n) is 2.08. The van der Waals surface area contributed by atoms with Crippen molar-refractivity contribution in [3.05, 3.63) is 0 Å². The van der Waals surface area contributed by atoms with Gasteiger partial charge in [0.1, 0.15) is 0 Å². The summed E-state index contributed by atoms with van der Waals surface area (Å²) in [6, 6.07) is 0. The molecule has 0 aromatic carbocycles. The molecule has 0 aromatic rings. The predicted molar refractivity (Wildman–Crippen MR) is 50.5 cm³/mol. The first-order valence-electron chi connectivity index (χ1n) is 4.50. The van der Waals surface area contributed by atoms with E-state index in [1.54, 1.807) is 0 Å². The Hall–Kier alpha value is -0.230. The number of hydrogen-bond donors (Lipinski definition) is 0. The number of carbonyl (C=O) groups is 1. The second kappa shape index (κ2) is 6.30. The lowest BCUT2D eigenvalue weighted by atomic mass is 9.92. The van der Waals surface area contributed by atoms with Gasteiger partial charge < -0.3 is 0 Å². The number of rotatable bonds is 6. The third-order valence-corrected chi connectivity index (χ3v) is 2.59. The second-order valence-corrected chi connectivity index (χ2v) is 4.05. The molecule has 0 aliphatic heterocycles. The van der Waals surface area contributed by atoms with Gasteiger partial charge in [0.2, 0.25) is 14.0 Å². The average Bonchev–Trinajstić information content (AvgIpc) is 2.04. The average molecular weight is 188 g/mol. The first kappa shape index (κ1) is 11.8. The molecule has 0 N–H and O–H groups in total. The Kier molecular flexibility index (Phi) is 6.18. The molecule has 0 aliphatic carbocycles. The van der Waals surface area contributed by atoms with E-state index in [4.69, 9.17) is 0 Å². The van der Waals surface area contributed by atoms with Gasteiger partial charge >= 0.3 is 0 Å². The molecule has 1 unspecified atom stereocenters. The molecule has 3 heteroatoms. The zero-order valence-corrected chi connectivity index (χ0v) is 8.93. The fourth-order valence-corrected chi connectivity index (χ4v) is 1.80. The van der Waals surface area contributed by atoms with E-state index in [9.17, 15) is 9.36 Å². The highest BCUT2D eigenvalue weighted by Gasteiger charge is 2.21. The standard InChI is InChI=1S/C9H17O2P/c1-4-5-6-8(7(2)3)9(10)12-11/h7-8H,4-6H2,1-3H3. The molecule has 0 aliphatic rings. The SMILES string of the molecule is CCCCC(C(=O)P=O)C(C)C. The molecular formula is C9H17O2P. The number of unbranched alkanes of at least 4 members (excludes halogenated alkanes) is 1. The molecule has 0 bridgehead atoms. The molecule has 0 rings (SSSR count). The maximum absolute atomic E-state index is 11.1. The van der Waals surface area contributed by atoms with Gasteiger partial charge in [0.25, 0.3) is 0 Å². The first-order chi connectivity index (χ1) is 5.63. The Labute approximate surface area is 75.9 Å². The van der Waals surface area contributed by atoms with E-state index in [2.05, 4.69) is 6.92 Å². The van der Waals surface area contributed by atoms with Crippen molar-refractivity contribution in [2.75, 3.05) is 0 Å². The van der Waals surface area contributed by atoms with E-state index < -0.39 is 0 Å². The van der Waals surface area contributed by atoms with Crippen LogP contribution in [0.15, 0.2) is 0 Å². The van der Waals surface area contributed by atoms with Gasteiger partial charge in [-0.3, -0.25) is 9.36 Å². The van der Waals surface area contributed by atoms with Crippen LogP contribution < -0.4 is 0 Å². The van der Waals surface area contributed by atoms with E-state index in [1.165, 1.54) is 0 Å². The summed E-state index contributed by atoms with van der Waals surface area (Å²) < 4.78 is 10.4. The summed E-state index contributed by atoms with van der Waals surface area (Å²) in [6.07, 6.45) is 3.01. The van der Waals surface area contributed by atoms with Crippen molar-refractivity contribution in [1.29, 1.82) is 0 Å². The van der Waals surface area contributed by atoms with E-state index in [0.29, 0.717) is 5.92 Å². The topological polar surface area (TPSA) is 34.1 Å². The molecular weight excluding hydrogens is 171 g/mol. The maximum atomic E-state index is 11.1. The van der Waals surface area contributed by atoms with Gasteiger partial charge in [0.05, 0.1) is 0 Å². The van der Waals surface area contributed by atoms with Crippen LogP contribution in [0.3, 0.4) is 0 Å². The van der Waals surface area contributed by atoms with Crippen molar-refractivity contribution in [3.8, 4) is 0 Å². The fraction of sp³-hybridized carbons (Fsp3) is 0.889. The van der Waals surface area contributed by atoms with E-state index >= 15 is 0 Å². The van der Waals surface area contributed by atoms with Crippen molar-refractivity contribution in [1.82, 2.24) is 0 Å². The van der Waals surface area contributed by atoms with Crippen molar-refractivity contribution >= 4 is 14.0 Å². The summed E-state index contributed by atoms with van der Waals surface area (Å²) in [7, 11) is -0.325. The van der Waals surface area contributed by atoms with Crippen LogP contribution >= 0.6 is 8.46 Å². The molecule has 2 nitrogen and oxygen atoms in total. The minimum absolute atomic E-state index is 0.0101. The summed E-state index contributed by atoms with van der Waals surface area (Å²) in [5.74, 6) is 0.301. The van der Waals surface area contributed by atoms with Crippen LogP contribution in [0, 0.1) is 11.8 Å². The van der Waals surface area contributed by atoms with Gasteiger partial charge in [-0.2, -0.15) is 0 Å². The van der Waals surface area contributed by atoms with Crippen LogP contribution in [-0.2, 0) is 9.36 Å². The van der Waals surface area contributed by atoms with Crippen molar-refractivity contribution in [2.45, 2.75) is 40.0 Å². The monoisotopic (exact) mass is 188 g/mol. The van der Waals surface area contributed by atoms with Crippen LogP contribution in [0.25, 0.3) is 0 Å². The minimum Gasteiger partial charge on any atom is -0.286 e. The van der Waals surface area contributed by atoms with Gasteiger partial charge in [0.15, 0.2) is 0 Å².